The largest absolute Gasteiger partial charge is 0.531 e. The van der Waals surface area contributed by atoms with Crippen LogP contribution in [0.3, 0.4) is 0 Å². The van der Waals surface area contributed by atoms with Crippen molar-refractivity contribution in [3.05, 3.63) is 47.4 Å². The van der Waals surface area contributed by atoms with Crippen LogP contribution < -0.4 is 0 Å². The van der Waals surface area contributed by atoms with Gasteiger partial charge in [0.25, 0.3) is 8.32 Å². The first-order valence-electron chi connectivity index (χ1n) is 11.5. The lowest BCUT2D eigenvalue weighted by Crippen LogP contribution is -2.50. The Kier molecular flexibility index (Phi) is 8.90. The van der Waals surface area contributed by atoms with Crippen molar-refractivity contribution in [1.82, 2.24) is 4.90 Å². The second kappa shape index (κ2) is 10.9. The Morgan fingerprint density at radius 1 is 1.03 bits per heavy atom. The van der Waals surface area contributed by atoms with Crippen molar-refractivity contribution in [2.24, 2.45) is 0 Å². The third-order valence-corrected chi connectivity index (χ3v) is 12.5. The van der Waals surface area contributed by atoms with Gasteiger partial charge in [0.15, 0.2) is 5.88 Å². The molecule has 0 saturated carbocycles. The molecular weight excluding hydrogens is 370 g/mol. The summed E-state index contributed by atoms with van der Waals surface area (Å²) in [6, 6.07) is 10.8. The van der Waals surface area contributed by atoms with Gasteiger partial charge in [0, 0.05) is 19.5 Å². The molecule has 1 aromatic carbocycles. The number of hydrogen-bond acceptors (Lipinski definition) is 2. The molecule has 0 unspecified atom stereocenters. The molecule has 2 rings (SSSR count). The highest BCUT2D eigenvalue weighted by Gasteiger charge is 2.48. The molecule has 29 heavy (non-hydrogen) atoms. The van der Waals surface area contributed by atoms with Gasteiger partial charge in [0.2, 0.25) is 0 Å². The SMILES string of the molecule is C#CCCCC1=C(O[Si](C(C)C)(C(C)C)C(C)C)N(Cc2ccccc2)CCC1. The summed E-state index contributed by atoms with van der Waals surface area (Å²) in [6.07, 6.45) is 10.8. The van der Waals surface area contributed by atoms with Crippen molar-refractivity contribution >= 4 is 8.32 Å². The zero-order chi connectivity index (χ0) is 21.4. The number of allylic oxidation sites excluding steroid dienone is 1. The second-order valence-corrected chi connectivity index (χ2v) is 14.8. The molecule has 1 heterocycles. The Balaban J connectivity index is 2.43. The van der Waals surface area contributed by atoms with E-state index in [1.807, 2.05) is 0 Å². The average molecular weight is 412 g/mol. The van der Waals surface area contributed by atoms with E-state index >= 15 is 0 Å². The van der Waals surface area contributed by atoms with Gasteiger partial charge in [-0.25, -0.2) is 0 Å². The van der Waals surface area contributed by atoms with Crippen LogP contribution in [0.2, 0.25) is 16.6 Å². The molecule has 0 amide bonds. The van der Waals surface area contributed by atoms with Crippen molar-refractivity contribution in [1.29, 1.82) is 0 Å². The van der Waals surface area contributed by atoms with E-state index in [0.717, 1.165) is 38.8 Å². The van der Waals surface area contributed by atoms with Crippen molar-refractivity contribution in [3.63, 3.8) is 0 Å². The summed E-state index contributed by atoms with van der Waals surface area (Å²) in [5.74, 6) is 4.00. The van der Waals surface area contributed by atoms with Gasteiger partial charge >= 0.3 is 0 Å². The van der Waals surface area contributed by atoms with Crippen molar-refractivity contribution in [2.75, 3.05) is 6.54 Å². The van der Waals surface area contributed by atoms with Crippen LogP contribution in [0, 0.1) is 12.3 Å². The van der Waals surface area contributed by atoms with E-state index in [1.165, 1.54) is 23.4 Å². The predicted molar refractivity (Wildman–Crippen MR) is 128 cm³/mol. The minimum Gasteiger partial charge on any atom is -0.531 e. The van der Waals surface area contributed by atoms with E-state index in [0.29, 0.717) is 16.6 Å². The molecule has 0 atom stereocenters. The fourth-order valence-corrected chi connectivity index (χ4v) is 10.5. The van der Waals surface area contributed by atoms with Crippen LogP contribution in [0.15, 0.2) is 41.8 Å². The Hall–Kier alpha value is -1.66. The predicted octanol–water partition coefficient (Wildman–Crippen LogP) is 7.49. The van der Waals surface area contributed by atoms with Crippen LogP contribution in [0.1, 0.15) is 79.2 Å². The van der Waals surface area contributed by atoms with Crippen molar-refractivity contribution < 1.29 is 4.43 Å². The summed E-state index contributed by atoms with van der Waals surface area (Å²) in [7, 11) is -2.00. The number of unbranched alkanes of at least 4 members (excludes halogenated alkanes) is 1. The summed E-state index contributed by atoms with van der Waals surface area (Å²) in [5.41, 5.74) is 4.55. The standard InChI is InChI=1S/C26H41NOSi/c1-8-9-11-17-25-18-14-19-27(20-24-15-12-10-13-16-24)26(25)28-29(21(2)3,22(4)5)23(6)7/h1,10,12-13,15-16,21-23H,9,11,14,17-20H2,2-7H3. The molecule has 3 heteroatoms. The Labute approximate surface area is 180 Å². The summed E-state index contributed by atoms with van der Waals surface area (Å²) in [5, 5.41) is 0. The van der Waals surface area contributed by atoms with E-state index in [2.05, 4.69) is 82.7 Å². The van der Waals surface area contributed by atoms with Crippen LogP contribution in [-0.4, -0.2) is 19.8 Å². The lowest BCUT2D eigenvalue weighted by atomic mass is 10.00. The van der Waals surface area contributed by atoms with Crippen LogP contribution in [0.4, 0.5) is 0 Å². The number of hydrogen-bond donors (Lipinski definition) is 0. The maximum atomic E-state index is 7.28. The smallest absolute Gasteiger partial charge is 0.260 e. The number of rotatable bonds is 10. The van der Waals surface area contributed by atoms with Crippen LogP contribution in [-0.2, 0) is 11.0 Å². The fourth-order valence-electron chi connectivity index (χ4n) is 5.16. The van der Waals surface area contributed by atoms with Crippen molar-refractivity contribution in [3.8, 4) is 12.3 Å². The molecule has 0 aromatic heterocycles. The summed E-state index contributed by atoms with van der Waals surface area (Å²) < 4.78 is 7.28. The van der Waals surface area contributed by atoms with Crippen molar-refractivity contribution in [2.45, 2.75) is 96.8 Å². The van der Waals surface area contributed by atoms with E-state index in [4.69, 9.17) is 10.8 Å². The van der Waals surface area contributed by atoms with E-state index in [9.17, 15) is 0 Å². The lowest BCUT2D eigenvalue weighted by Gasteiger charge is -2.46. The van der Waals surface area contributed by atoms with Gasteiger partial charge < -0.3 is 9.33 Å². The topological polar surface area (TPSA) is 12.5 Å². The first-order valence-corrected chi connectivity index (χ1v) is 13.6. The Morgan fingerprint density at radius 2 is 1.66 bits per heavy atom. The first-order chi connectivity index (χ1) is 13.8. The molecule has 1 aliphatic heterocycles. The zero-order valence-electron chi connectivity index (χ0n) is 19.5. The monoisotopic (exact) mass is 411 g/mol. The van der Waals surface area contributed by atoms with Gasteiger partial charge in [0.1, 0.15) is 0 Å². The summed E-state index contributed by atoms with van der Waals surface area (Å²) >= 11 is 0. The van der Waals surface area contributed by atoms with Gasteiger partial charge in [-0.3, -0.25) is 0 Å². The third-order valence-electron chi connectivity index (χ3n) is 6.49. The number of benzene rings is 1. The first kappa shape index (κ1) is 23.6. The minimum atomic E-state index is -2.00. The highest BCUT2D eigenvalue weighted by atomic mass is 28.4. The fraction of sp³-hybridized carbons (Fsp3) is 0.615. The van der Waals surface area contributed by atoms with Crippen LogP contribution in [0.5, 0.6) is 0 Å². The highest BCUT2D eigenvalue weighted by molar-refractivity contribution is 6.77. The summed E-state index contributed by atoms with van der Waals surface area (Å²) in [4.78, 5) is 2.51. The summed E-state index contributed by atoms with van der Waals surface area (Å²) in [6.45, 7) is 16.2. The molecule has 0 bridgehead atoms. The maximum Gasteiger partial charge on any atom is 0.260 e. The molecule has 1 aromatic rings. The molecule has 2 nitrogen and oxygen atoms in total. The third kappa shape index (κ3) is 5.69. The molecule has 160 valence electrons. The van der Waals surface area contributed by atoms with Crippen LogP contribution >= 0.6 is 0 Å². The Bertz CT molecular complexity index is 677. The molecule has 1 aliphatic rings. The molecule has 0 radical (unpaired) electrons. The van der Waals surface area contributed by atoms with Gasteiger partial charge in [-0.15, -0.1) is 12.3 Å². The highest BCUT2D eigenvalue weighted by Crippen LogP contribution is 2.45. The van der Waals surface area contributed by atoms with Crippen LogP contribution in [0.25, 0.3) is 0 Å². The normalized spacial score (nSPS) is 15.4. The second-order valence-electron chi connectivity index (χ2n) is 9.40. The lowest BCUT2D eigenvalue weighted by molar-refractivity contribution is 0.169. The van der Waals surface area contributed by atoms with Gasteiger partial charge in [-0.2, -0.15) is 0 Å². The molecule has 0 saturated heterocycles. The molecule has 0 spiro atoms. The zero-order valence-corrected chi connectivity index (χ0v) is 20.5. The quantitative estimate of drug-likeness (QED) is 0.225. The molecule has 0 N–H and O–H groups in total. The van der Waals surface area contributed by atoms with E-state index in [1.54, 1.807) is 0 Å². The van der Waals surface area contributed by atoms with Gasteiger partial charge in [-0.05, 0) is 53.4 Å². The molecule has 0 fully saturated rings. The number of terminal acetylenes is 1. The van der Waals surface area contributed by atoms with E-state index < -0.39 is 8.32 Å². The minimum absolute atomic E-state index is 0.572. The molecule has 0 aliphatic carbocycles. The van der Waals surface area contributed by atoms with Gasteiger partial charge in [0.05, 0.1) is 0 Å². The maximum absolute atomic E-state index is 7.28. The van der Waals surface area contributed by atoms with E-state index in [-0.39, 0.29) is 0 Å². The Morgan fingerprint density at radius 3 is 2.21 bits per heavy atom. The average Bonchev–Trinajstić information content (AvgIpc) is 2.67. The number of nitrogens with zero attached hydrogens (tertiary/aromatic N) is 1. The molecular formula is C26H41NOSi. The van der Waals surface area contributed by atoms with Gasteiger partial charge in [-0.1, -0.05) is 71.9 Å².